The van der Waals surface area contributed by atoms with E-state index in [-0.39, 0.29) is 0 Å². The molecule has 0 aromatic carbocycles. The van der Waals surface area contributed by atoms with Crippen molar-refractivity contribution in [2.24, 2.45) is 0 Å². The zero-order chi connectivity index (χ0) is 11.4. The maximum atomic E-state index is 3.74. The van der Waals surface area contributed by atoms with Crippen LogP contribution in [0, 0.1) is 0 Å². The van der Waals surface area contributed by atoms with Gasteiger partial charge in [0.15, 0.2) is 0 Å². The molecular weight excluding hydrogens is 182 g/mol. The van der Waals surface area contributed by atoms with E-state index in [0.29, 0.717) is 0 Å². The summed E-state index contributed by atoms with van der Waals surface area (Å²) >= 11 is 0. The fraction of sp³-hybridized carbons (Fsp3) is 0.857. The van der Waals surface area contributed by atoms with Crippen molar-refractivity contribution in [1.82, 2.24) is 4.90 Å². The zero-order valence-corrected chi connectivity index (χ0v) is 10.8. The minimum absolute atomic E-state index is 1.20. The Hall–Kier alpha value is -0.300. The number of hydrogen-bond acceptors (Lipinski definition) is 1. The average molecular weight is 211 g/mol. The minimum atomic E-state index is 1.20. The maximum absolute atomic E-state index is 3.74. The van der Waals surface area contributed by atoms with E-state index in [4.69, 9.17) is 0 Å². The van der Waals surface area contributed by atoms with E-state index < -0.39 is 0 Å². The molecule has 0 unspecified atom stereocenters. The van der Waals surface area contributed by atoms with Crippen LogP contribution in [0.25, 0.3) is 0 Å². The molecule has 0 heterocycles. The van der Waals surface area contributed by atoms with E-state index in [1.807, 2.05) is 6.08 Å². The summed E-state index contributed by atoms with van der Waals surface area (Å²) in [5, 5.41) is 0. The maximum Gasteiger partial charge on any atom is -0.00248 e. The second kappa shape index (κ2) is 11.8. The van der Waals surface area contributed by atoms with Crippen molar-refractivity contribution in [1.29, 1.82) is 0 Å². The molecule has 0 aromatic rings. The van der Waals surface area contributed by atoms with Crippen molar-refractivity contribution in [3.63, 3.8) is 0 Å². The molecule has 0 amide bonds. The first-order valence-corrected chi connectivity index (χ1v) is 6.53. The zero-order valence-electron chi connectivity index (χ0n) is 10.8. The summed E-state index contributed by atoms with van der Waals surface area (Å²) in [7, 11) is 4.30. The van der Waals surface area contributed by atoms with Crippen molar-refractivity contribution in [2.45, 2.75) is 57.8 Å². The molecule has 0 aromatic heterocycles. The Labute approximate surface area is 96.6 Å². The highest BCUT2D eigenvalue weighted by molar-refractivity contribution is 4.65. The molecule has 0 N–H and O–H groups in total. The quantitative estimate of drug-likeness (QED) is 0.365. The van der Waals surface area contributed by atoms with Gasteiger partial charge < -0.3 is 4.90 Å². The molecule has 0 aliphatic heterocycles. The molecular formula is C14H29N. The lowest BCUT2D eigenvalue weighted by Gasteiger charge is -2.08. The molecule has 0 saturated heterocycles. The smallest absolute Gasteiger partial charge is 0.00248 e. The van der Waals surface area contributed by atoms with Gasteiger partial charge in [-0.3, -0.25) is 0 Å². The van der Waals surface area contributed by atoms with Crippen molar-refractivity contribution >= 4 is 0 Å². The highest BCUT2D eigenvalue weighted by Gasteiger charge is 1.93. The molecule has 0 atom stereocenters. The van der Waals surface area contributed by atoms with Crippen LogP contribution in [-0.4, -0.2) is 25.5 Å². The fourth-order valence-corrected chi connectivity index (χ4v) is 1.78. The van der Waals surface area contributed by atoms with Crippen molar-refractivity contribution < 1.29 is 0 Å². The summed E-state index contributed by atoms with van der Waals surface area (Å²) in [6, 6.07) is 0. The monoisotopic (exact) mass is 211 g/mol. The number of allylic oxidation sites excluding steroid dienone is 1. The molecule has 0 rings (SSSR count). The van der Waals surface area contributed by atoms with Gasteiger partial charge in [0.05, 0.1) is 0 Å². The third-order valence-corrected chi connectivity index (χ3v) is 2.76. The summed E-state index contributed by atoms with van der Waals surface area (Å²) in [5.74, 6) is 0. The highest BCUT2D eigenvalue weighted by Crippen LogP contribution is 2.09. The van der Waals surface area contributed by atoms with Gasteiger partial charge in [0, 0.05) is 0 Å². The Kier molecular flexibility index (Phi) is 11.5. The van der Waals surface area contributed by atoms with Crippen molar-refractivity contribution in [2.75, 3.05) is 20.6 Å². The molecule has 0 fully saturated rings. The van der Waals surface area contributed by atoms with E-state index in [2.05, 4.69) is 25.6 Å². The van der Waals surface area contributed by atoms with Gasteiger partial charge in [-0.05, 0) is 39.9 Å². The molecule has 0 aliphatic rings. The van der Waals surface area contributed by atoms with Crippen LogP contribution in [0.15, 0.2) is 12.7 Å². The van der Waals surface area contributed by atoms with E-state index in [0.717, 1.165) is 0 Å². The molecule has 0 spiro atoms. The van der Waals surface area contributed by atoms with Crippen molar-refractivity contribution in [3.05, 3.63) is 12.7 Å². The molecule has 90 valence electrons. The number of rotatable bonds is 11. The molecule has 0 radical (unpaired) electrons. The first-order valence-electron chi connectivity index (χ1n) is 6.53. The normalized spacial score (nSPS) is 10.9. The Morgan fingerprint density at radius 2 is 1.27 bits per heavy atom. The van der Waals surface area contributed by atoms with Gasteiger partial charge in [0.1, 0.15) is 0 Å². The van der Waals surface area contributed by atoms with Gasteiger partial charge in [-0.15, -0.1) is 6.58 Å². The van der Waals surface area contributed by atoms with Gasteiger partial charge in [0.2, 0.25) is 0 Å². The molecule has 15 heavy (non-hydrogen) atoms. The molecule has 1 heteroatoms. The number of nitrogens with zero attached hydrogens (tertiary/aromatic N) is 1. The lowest BCUT2D eigenvalue weighted by atomic mass is 10.1. The molecule has 0 bridgehead atoms. The topological polar surface area (TPSA) is 3.24 Å². The summed E-state index contributed by atoms with van der Waals surface area (Å²) in [5.41, 5.74) is 0. The standard InChI is InChI=1S/C14H29N/c1-4-5-6-7-8-9-10-11-12-13-14-15(2)3/h4H,1,5-14H2,2-3H3. The van der Waals surface area contributed by atoms with Crippen LogP contribution < -0.4 is 0 Å². The predicted molar refractivity (Wildman–Crippen MR) is 70.3 cm³/mol. The Morgan fingerprint density at radius 3 is 1.73 bits per heavy atom. The van der Waals surface area contributed by atoms with Crippen LogP contribution in [0.1, 0.15) is 57.8 Å². The third kappa shape index (κ3) is 13.7. The largest absolute Gasteiger partial charge is 0.309 e. The Bertz CT molecular complexity index is 129. The molecule has 0 aliphatic carbocycles. The van der Waals surface area contributed by atoms with Crippen LogP contribution in [0.3, 0.4) is 0 Å². The van der Waals surface area contributed by atoms with E-state index in [1.54, 1.807) is 0 Å². The van der Waals surface area contributed by atoms with Crippen molar-refractivity contribution in [3.8, 4) is 0 Å². The summed E-state index contributed by atoms with van der Waals surface area (Å²) < 4.78 is 0. The first kappa shape index (κ1) is 14.7. The van der Waals surface area contributed by atoms with Crippen LogP contribution in [0.2, 0.25) is 0 Å². The lowest BCUT2D eigenvalue weighted by molar-refractivity contribution is 0.389. The van der Waals surface area contributed by atoms with Gasteiger partial charge in [0.25, 0.3) is 0 Å². The predicted octanol–water partition coefficient (Wildman–Crippen LogP) is 4.24. The molecule has 1 nitrogen and oxygen atoms in total. The SMILES string of the molecule is C=CCCCCCCCCCCN(C)C. The first-order chi connectivity index (χ1) is 7.27. The van der Waals surface area contributed by atoms with E-state index in [9.17, 15) is 0 Å². The second-order valence-corrected chi connectivity index (χ2v) is 4.71. The van der Waals surface area contributed by atoms with Gasteiger partial charge >= 0.3 is 0 Å². The van der Waals surface area contributed by atoms with E-state index >= 15 is 0 Å². The van der Waals surface area contributed by atoms with Gasteiger partial charge in [-0.2, -0.15) is 0 Å². The van der Waals surface area contributed by atoms with Crippen LogP contribution >= 0.6 is 0 Å². The summed E-state index contributed by atoms with van der Waals surface area (Å²) in [4.78, 5) is 2.27. The average Bonchev–Trinajstić information content (AvgIpc) is 2.20. The van der Waals surface area contributed by atoms with Gasteiger partial charge in [-0.25, -0.2) is 0 Å². The third-order valence-electron chi connectivity index (χ3n) is 2.76. The minimum Gasteiger partial charge on any atom is -0.309 e. The van der Waals surface area contributed by atoms with Gasteiger partial charge in [-0.1, -0.05) is 44.6 Å². The lowest BCUT2D eigenvalue weighted by Crippen LogP contribution is -2.12. The van der Waals surface area contributed by atoms with Crippen LogP contribution in [0.4, 0.5) is 0 Å². The van der Waals surface area contributed by atoms with Crippen LogP contribution in [0.5, 0.6) is 0 Å². The summed E-state index contributed by atoms with van der Waals surface area (Å²) in [6.45, 7) is 4.99. The Morgan fingerprint density at radius 1 is 0.800 bits per heavy atom. The van der Waals surface area contributed by atoms with E-state index in [1.165, 1.54) is 64.3 Å². The molecule has 0 saturated carbocycles. The number of unbranched alkanes of at least 4 members (excludes halogenated alkanes) is 8. The summed E-state index contributed by atoms with van der Waals surface area (Å²) in [6.07, 6.45) is 14.4. The Balaban J connectivity index is 2.89. The second-order valence-electron chi connectivity index (χ2n) is 4.71. The highest BCUT2D eigenvalue weighted by atomic mass is 15.0. The number of hydrogen-bond donors (Lipinski definition) is 0. The fourth-order valence-electron chi connectivity index (χ4n) is 1.78. The van der Waals surface area contributed by atoms with Crippen LogP contribution in [-0.2, 0) is 0 Å².